The van der Waals surface area contributed by atoms with E-state index in [2.05, 4.69) is 15.6 Å². The second kappa shape index (κ2) is 5.03. The molecular formula is C12H15N3O3. The number of carboxylic acid groups (broad SMARTS) is 1. The molecule has 1 aliphatic heterocycles. The van der Waals surface area contributed by atoms with Gasteiger partial charge in [-0.2, -0.15) is 0 Å². The predicted molar refractivity (Wildman–Crippen MR) is 65.6 cm³/mol. The summed E-state index contributed by atoms with van der Waals surface area (Å²) in [6.45, 7) is 2.34. The van der Waals surface area contributed by atoms with Crippen molar-refractivity contribution in [2.45, 2.75) is 25.8 Å². The van der Waals surface area contributed by atoms with Gasteiger partial charge in [0.15, 0.2) is 0 Å². The maximum absolute atomic E-state index is 11.6. The minimum atomic E-state index is -0.998. The number of nitrogens with zero attached hydrogens (tertiary/aromatic N) is 1. The van der Waals surface area contributed by atoms with Gasteiger partial charge in [0.1, 0.15) is 11.9 Å². The zero-order chi connectivity index (χ0) is 13.1. The van der Waals surface area contributed by atoms with Crippen LogP contribution >= 0.6 is 0 Å². The molecule has 1 aliphatic rings. The van der Waals surface area contributed by atoms with Gasteiger partial charge in [-0.25, -0.2) is 9.78 Å². The summed E-state index contributed by atoms with van der Waals surface area (Å²) >= 11 is 0. The fourth-order valence-corrected chi connectivity index (χ4v) is 1.96. The zero-order valence-corrected chi connectivity index (χ0v) is 10.1. The monoisotopic (exact) mass is 249 g/mol. The van der Waals surface area contributed by atoms with Gasteiger partial charge in [-0.15, -0.1) is 0 Å². The maximum Gasteiger partial charge on any atom is 0.337 e. The van der Waals surface area contributed by atoms with Crippen LogP contribution in [0.1, 0.15) is 28.9 Å². The van der Waals surface area contributed by atoms with Crippen molar-refractivity contribution in [2.24, 2.45) is 0 Å². The second-order valence-corrected chi connectivity index (χ2v) is 4.26. The highest BCUT2D eigenvalue weighted by Gasteiger charge is 2.22. The van der Waals surface area contributed by atoms with Crippen LogP contribution in [0.4, 0.5) is 5.82 Å². The highest BCUT2D eigenvalue weighted by Crippen LogP contribution is 2.14. The van der Waals surface area contributed by atoms with Crippen LogP contribution in [0.15, 0.2) is 12.1 Å². The van der Waals surface area contributed by atoms with Gasteiger partial charge in [0.25, 0.3) is 0 Å². The standard InChI is InChI=1S/C12H15N3O3/c1-7-8(12(17)18)4-5-10(14-7)15-9-3-2-6-13-11(9)16/h4-5,9H,2-3,6H2,1H3,(H,13,16)(H,14,15)(H,17,18). The molecule has 3 N–H and O–H groups in total. The first kappa shape index (κ1) is 12.3. The first-order chi connectivity index (χ1) is 8.58. The molecule has 2 heterocycles. The fraction of sp³-hybridized carbons (Fsp3) is 0.417. The van der Waals surface area contributed by atoms with Gasteiger partial charge in [-0.3, -0.25) is 4.79 Å². The number of pyridine rings is 1. The lowest BCUT2D eigenvalue weighted by atomic mass is 10.1. The Balaban J connectivity index is 2.12. The van der Waals surface area contributed by atoms with E-state index in [1.165, 1.54) is 6.07 Å². The van der Waals surface area contributed by atoms with Gasteiger partial charge in [0.05, 0.1) is 11.3 Å². The Morgan fingerprint density at radius 3 is 2.94 bits per heavy atom. The largest absolute Gasteiger partial charge is 0.478 e. The maximum atomic E-state index is 11.6. The fourth-order valence-electron chi connectivity index (χ4n) is 1.96. The first-order valence-electron chi connectivity index (χ1n) is 5.83. The molecule has 0 spiro atoms. The quantitative estimate of drug-likeness (QED) is 0.736. The Morgan fingerprint density at radius 1 is 1.56 bits per heavy atom. The number of carboxylic acids is 1. The third-order valence-electron chi connectivity index (χ3n) is 2.92. The van der Waals surface area contributed by atoms with E-state index in [1.807, 2.05) is 0 Å². The van der Waals surface area contributed by atoms with Gasteiger partial charge in [-0.05, 0) is 31.9 Å². The highest BCUT2D eigenvalue weighted by atomic mass is 16.4. The molecule has 0 saturated carbocycles. The van der Waals surface area contributed by atoms with Crippen molar-refractivity contribution in [2.75, 3.05) is 11.9 Å². The number of anilines is 1. The average molecular weight is 249 g/mol. The molecule has 1 amide bonds. The Bertz CT molecular complexity index is 487. The van der Waals surface area contributed by atoms with Crippen molar-refractivity contribution >= 4 is 17.7 Å². The third kappa shape index (κ3) is 2.58. The molecule has 1 aromatic heterocycles. The molecule has 0 bridgehead atoms. The molecule has 0 aliphatic carbocycles. The molecule has 0 aromatic carbocycles. The van der Waals surface area contributed by atoms with Gasteiger partial charge in [-0.1, -0.05) is 0 Å². The molecule has 6 heteroatoms. The summed E-state index contributed by atoms with van der Waals surface area (Å²) in [6, 6.07) is 2.79. The average Bonchev–Trinajstić information content (AvgIpc) is 2.32. The molecule has 1 aromatic rings. The Labute approximate surface area is 104 Å². The molecule has 6 nitrogen and oxygen atoms in total. The van der Waals surface area contributed by atoms with Crippen molar-refractivity contribution in [3.8, 4) is 0 Å². The number of amides is 1. The number of hydrogen-bond acceptors (Lipinski definition) is 4. The smallest absolute Gasteiger partial charge is 0.337 e. The summed E-state index contributed by atoms with van der Waals surface area (Å²) in [7, 11) is 0. The Morgan fingerprint density at radius 2 is 2.33 bits per heavy atom. The van der Waals surface area contributed by atoms with Crippen molar-refractivity contribution in [1.29, 1.82) is 0 Å². The summed E-state index contributed by atoms with van der Waals surface area (Å²) in [4.78, 5) is 26.6. The molecule has 18 heavy (non-hydrogen) atoms. The van der Waals surface area contributed by atoms with Crippen molar-refractivity contribution in [1.82, 2.24) is 10.3 Å². The SMILES string of the molecule is Cc1nc(NC2CCCNC2=O)ccc1C(=O)O. The van der Waals surface area contributed by atoms with Gasteiger partial charge in [0.2, 0.25) is 5.91 Å². The number of rotatable bonds is 3. The van der Waals surface area contributed by atoms with Crippen molar-refractivity contribution in [3.63, 3.8) is 0 Å². The number of carbonyl (C=O) groups is 2. The molecule has 1 fully saturated rings. The van der Waals surface area contributed by atoms with E-state index in [4.69, 9.17) is 5.11 Å². The number of aromatic nitrogens is 1. The number of nitrogens with one attached hydrogen (secondary N) is 2. The van der Waals surface area contributed by atoms with E-state index >= 15 is 0 Å². The molecule has 1 unspecified atom stereocenters. The summed E-state index contributed by atoms with van der Waals surface area (Å²) in [5.41, 5.74) is 0.609. The van der Waals surface area contributed by atoms with Crippen LogP contribution in [0.25, 0.3) is 0 Å². The number of aryl methyl sites for hydroxylation is 1. The molecule has 1 atom stereocenters. The van der Waals surface area contributed by atoms with E-state index in [-0.39, 0.29) is 17.5 Å². The second-order valence-electron chi connectivity index (χ2n) is 4.26. The van der Waals surface area contributed by atoms with Crippen LogP contribution in [0.3, 0.4) is 0 Å². The van der Waals surface area contributed by atoms with Crippen LogP contribution in [0.5, 0.6) is 0 Å². The number of aromatic carboxylic acids is 1. The molecule has 0 radical (unpaired) electrons. The summed E-state index contributed by atoms with van der Waals surface area (Å²) in [6.07, 6.45) is 1.68. The molecule has 96 valence electrons. The van der Waals surface area contributed by atoms with E-state index < -0.39 is 5.97 Å². The van der Waals surface area contributed by atoms with Crippen molar-refractivity contribution in [3.05, 3.63) is 23.4 Å². The lowest BCUT2D eigenvalue weighted by Gasteiger charge is -2.23. The van der Waals surface area contributed by atoms with Gasteiger partial charge >= 0.3 is 5.97 Å². The van der Waals surface area contributed by atoms with Gasteiger partial charge < -0.3 is 15.7 Å². The summed E-state index contributed by atoms with van der Waals surface area (Å²) in [5, 5.41) is 14.7. The highest BCUT2D eigenvalue weighted by molar-refractivity contribution is 5.89. The predicted octanol–water partition coefficient (Wildman–Crippen LogP) is 0.779. The minimum Gasteiger partial charge on any atom is -0.478 e. The van der Waals surface area contributed by atoms with E-state index in [0.717, 1.165) is 12.8 Å². The van der Waals surface area contributed by atoms with Crippen LogP contribution < -0.4 is 10.6 Å². The molecule has 1 saturated heterocycles. The number of piperidine rings is 1. The van der Waals surface area contributed by atoms with Crippen LogP contribution in [-0.4, -0.2) is 34.6 Å². The van der Waals surface area contributed by atoms with Crippen LogP contribution in [0.2, 0.25) is 0 Å². The lowest BCUT2D eigenvalue weighted by molar-refractivity contribution is -0.123. The normalized spacial score (nSPS) is 19.2. The minimum absolute atomic E-state index is 0.0389. The lowest BCUT2D eigenvalue weighted by Crippen LogP contribution is -2.44. The Kier molecular flexibility index (Phi) is 3.45. The zero-order valence-electron chi connectivity index (χ0n) is 10.1. The summed E-state index contributed by atoms with van der Waals surface area (Å²) < 4.78 is 0. The van der Waals surface area contributed by atoms with Crippen molar-refractivity contribution < 1.29 is 14.7 Å². The third-order valence-corrected chi connectivity index (χ3v) is 2.92. The Hall–Kier alpha value is -2.11. The van der Waals surface area contributed by atoms with Crippen LogP contribution in [0, 0.1) is 6.92 Å². The topological polar surface area (TPSA) is 91.3 Å². The number of hydrogen-bond donors (Lipinski definition) is 3. The first-order valence-corrected chi connectivity index (χ1v) is 5.83. The van der Waals surface area contributed by atoms with E-state index in [9.17, 15) is 9.59 Å². The van der Waals surface area contributed by atoms with E-state index in [0.29, 0.717) is 18.1 Å². The van der Waals surface area contributed by atoms with E-state index in [1.54, 1.807) is 13.0 Å². The molecular weight excluding hydrogens is 234 g/mol. The number of carbonyl (C=O) groups excluding carboxylic acids is 1. The molecule has 2 rings (SSSR count). The summed E-state index contributed by atoms with van der Waals surface area (Å²) in [5.74, 6) is -0.510. The van der Waals surface area contributed by atoms with Crippen LogP contribution in [-0.2, 0) is 4.79 Å². The van der Waals surface area contributed by atoms with Gasteiger partial charge in [0, 0.05) is 6.54 Å².